The van der Waals surface area contributed by atoms with E-state index >= 15 is 0 Å². The topological polar surface area (TPSA) is 91.7 Å². The molecule has 2 bridgehead atoms. The average molecular weight is 587 g/mol. The van der Waals surface area contributed by atoms with Crippen molar-refractivity contribution in [3.63, 3.8) is 0 Å². The summed E-state index contributed by atoms with van der Waals surface area (Å²) in [5.41, 5.74) is 0.430. The first-order valence-electron chi connectivity index (χ1n) is 15.4. The number of aromatic hydroxyl groups is 1. The van der Waals surface area contributed by atoms with Gasteiger partial charge in [-0.3, -0.25) is 14.4 Å². The molecule has 0 radical (unpaired) electrons. The van der Waals surface area contributed by atoms with E-state index in [9.17, 15) is 24.6 Å². The van der Waals surface area contributed by atoms with Gasteiger partial charge in [0.1, 0.15) is 22.5 Å². The minimum atomic E-state index is -1.54. The third-order valence-electron chi connectivity index (χ3n) is 9.69. The van der Waals surface area contributed by atoms with Gasteiger partial charge >= 0.3 is 0 Å². The Morgan fingerprint density at radius 3 is 2.07 bits per heavy atom. The Kier molecular flexibility index (Phi) is 10.3. The number of Topliss-reactive ketones (excluding diaryl/α,β-unsaturated/α-hetero) is 3. The highest BCUT2D eigenvalue weighted by molar-refractivity contribution is 6.41. The number of phenols is 1. The maximum absolute atomic E-state index is 15.0. The van der Waals surface area contributed by atoms with Gasteiger partial charge < -0.3 is 10.2 Å². The smallest absolute Gasteiger partial charge is 0.184 e. The van der Waals surface area contributed by atoms with Crippen LogP contribution in [0.25, 0.3) is 5.76 Å². The lowest BCUT2D eigenvalue weighted by molar-refractivity contribution is -0.176. The predicted octanol–water partition coefficient (Wildman–Crippen LogP) is 9.20. The zero-order valence-electron chi connectivity index (χ0n) is 27.6. The summed E-state index contributed by atoms with van der Waals surface area (Å²) in [5.74, 6) is -2.25. The van der Waals surface area contributed by atoms with Crippen molar-refractivity contribution in [2.45, 2.75) is 101 Å². The van der Waals surface area contributed by atoms with E-state index in [-0.39, 0.29) is 41.4 Å². The maximum atomic E-state index is 15.0. The van der Waals surface area contributed by atoms with Gasteiger partial charge in [0.2, 0.25) is 0 Å². The van der Waals surface area contributed by atoms with E-state index in [4.69, 9.17) is 0 Å². The van der Waals surface area contributed by atoms with E-state index in [2.05, 4.69) is 26.0 Å². The molecule has 2 fully saturated rings. The first kappa shape index (κ1) is 34.0. The molecule has 3 atom stereocenters. The Balaban J connectivity index is 2.36. The largest absolute Gasteiger partial charge is 0.508 e. The van der Waals surface area contributed by atoms with E-state index in [1.165, 1.54) is 17.7 Å². The lowest BCUT2D eigenvalue weighted by Crippen LogP contribution is -2.69. The minimum Gasteiger partial charge on any atom is -0.508 e. The zero-order valence-corrected chi connectivity index (χ0v) is 27.6. The normalized spacial score (nSPS) is 26.1. The second kappa shape index (κ2) is 13.0. The zero-order chi connectivity index (χ0) is 32.3. The minimum absolute atomic E-state index is 0.0948. The van der Waals surface area contributed by atoms with Crippen LogP contribution in [0, 0.1) is 22.2 Å². The maximum Gasteiger partial charge on any atom is 0.184 e. The molecule has 2 N–H and O–H groups in total. The fourth-order valence-corrected chi connectivity index (χ4v) is 6.85. The highest BCUT2D eigenvalue weighted by Gasteiger charge is 2.73. The summed E-state index contributed by atoms with van der Waals surface area (Å²) in [6.07, 6.45) is 11.1. The van der Waals surface area contributed by atoms with E-state index in [0.29, 0.717) is 12.8 Å². The molecule has 232 valence electrons. The van der Waals surface area contributed by atoms with Gasteiger partial charge in [-0.05, 0) is 110 Å². The molecule has 2 aliphatic rings. The number of phenolic OH excluding ortho intramolecular Hbond substituents is 1. The molecule has 3 rings (SSSR count). The summed E-state index contributed by atoms with van der Waals surface area (Å²) in [6.45, 7) is 18.0. The van der Waals surface area contributed by atoms with Crippen LogP contribution in [0.5, 0.6) is 5.75 Å². The summed E-state index contributed by atoms with van der Waals surface area (Å²) >= 11 is 0. The Morgan fingerprint density at radius 2 is 1.49 bits per heavy atom. The number of rotatable bonds is 10. The average Bonchev–Trinajstić information content (AvgIpc) is 2.91. The van der Waals surface area contributed by atoms with Crippen molar-refractivity contribution in [3.05, 3.63) is 82.0 Å². The fraction of sp³-hybridized carbons (Fsp3) is 0.500. The number of hydrogen-bond donors (Lipinski definition) is 2. The molecule has 1 aromatic rings. The number of aliphatic hydroxyl groups is 1. The van der Waals surface area contributed by atoms with Crippen LogP contribution in [0.4, 0.5) is 0 Å². The van der Waals surface area contributed by atoms with E-state index < -0.39 is 33.6 Å². The van der Waals surface area contributed by atoms with E-state index in [1.807, 2.05) is 60.6 Å². The first-order valence-corrected chi connectivity index (χ1v) is 15.4. The number of carbonyl (C=O) groups is 3. The molecule has 3 unspecified atom stereocenters. The number of carbonyl (C=O) groups excluding carboxylic acids is 3. The van der Waals surface area contributed by atoms with Crippen LogP contribution in [0.2, 0.25) is 0 Å². The molecule has 5 nitrogen and oxygen atoms in total. The molecule has 0 amide bonds. The van der Waals surface area contributed by atoms with Gasteiger partial charge in [-0.2, -0.15) is 0 Å². The van der Waals surface area contributed by atoms with Crippen molar-refractivity contribution in [2.24, 2.45) is 22.2 Å². The number of benzene rings is 1. The summed E-state index contributed by atoms with van der Waals surface area (Å²) in [5, 5.41) is 21.7. The second-order valence-electron chi connectivity index (χ2n) is 13.9. The standard InChI is InChI=1S/C38H50O5/c1-24(2)12-10-13-27(7)19-20-37-23-29(17-16-25(3)4)36(8,9)38(35(37)43,21-18-26(5)6)34(42)31(33(37)41)32(40)28-14-11-15-30(39)22-28/h11-12,14-16,18-19,22,29,39-40H,10,13,17,20-21,23H2,1-9H3. The lowest BCUT2D eigenvalue weighted by atomic mass is 9.38. The first-order chi connectivity index (χ1) is 20.0. The number of hydrogen-bond acceptors (Lipinski definition) is 5. The molecule has 0 spiro atoms. The van der Waals surface area contributed by atoms with Crippen LogP contribution in [0.3, 0.4) is 0 Å². The summed E-state index contributed by atoms with van der Waals surface area (Å²) in [7, 11) is 0. The molecular formula is C38H50O5. The van der Waals surface area contributed by atoms with Crippen LogP contribution in [-0.4, -0.2) is 27.6 Å². The quantitative estimate of drug-likeness (QED) is 0.0937. The number of fused-ring (bicyclic) bond motifs is 2. The second-order valence-corrected chi connectivity index (χ2v) is 13.9. The van der Waals surface area contributed by atoms with Crippen molar-refractivity contribution >= 4 is 23.1 Å². The van der Waals surface area contributed by atoms with E-state index in [1.54, 1.807) is 12.1 Å². The van der Waals surface area contributed by atoms with Gasteiger partial charge in [0.05, 0.1) is 5.41 Å². The van der Waals surface area contributed by atoms with Crippen LogP contribution >= 0.6 is 0 Å². The van der Waals surface area contributed by atoms with Gasteiger partial charge in [-0.15, -0.1) is 0 Å². The predicted molar refractivity (Wildman–Crippen MR) is 175 cm³/mol. The number of aliphatic hydroxyl groups excluding tert-OH is 1. The van der Waals surface area contributed by atoms with Crippen molar-refractivity contribution in [1.29, 1.82) is 0 Å². The Bertz CT molecular complexity index is 1430. The molecule has 1 aromatic carbocycles. The van der Waals surface area contributed by atoms with Crippen LogP contribution in [0.15, 0.2) is 76.4 Å². The highest BCUT2D eigenvalue weighted by Crippen LogP contribution is 2.65. The fourth-order valence-electron chi connectivity index (χ4n) is 6.85. The molecule has 0 aromatic heterocycles. The Morgan fingerprint density at radius 1 is 0.860 bits per heavy atom. The Labute approximate surface area is 258 Å². The molecule has 0 saturated heterocycles. The number of allylic oxidation sites excluding steroid dienone is 9. The molecular weight excluding hydrogens is 536 g/mol. The van der Waals surface area contributed by atoms with Crippen LogP contribution in [-0.2, 0) is 14.4 Å². The van der Waals surface area contributed by atoms with Gasteiger partial charge in [-0.1, -0.05) is 72.6 Å². The molecule has 0 aliphatic heterocycles. The molecule has 2 aliphatic carbocycles. The molecule has 5 heteroatoms. The van der Waals surface area contributed by atoms with E-state index in [0.717, 1.165) is 29.6 Å². The van der Waals surface area contributed by atoms with Crippen molar-refractivity contribution in [2.75, 3.05) is 0 Å². The van der Waals surface area contributed by atoms with Crippen LogP contribution < -0.4 is 0 Å². The Hall–Kier alpha value is -3.47. The van der Waals surface area contributed by atoms with Crippen molar-refractivity contribution in [3.8, 4) is 5.75 Å². The molecule has 0 heterocycles. The van der Waals surface area contributed by atoms with Crippen molar-refractivity contribution < 1.29 is 24.6 Å². The lowest BCUT2D eigenvalue weighted by Gasteiger charge is -2.60. The highest BCUT2D eigenvalue weighted by atomic mass is 16.3. The molecule has 43 heavy (non-hydrogen) atoms. The van der Waals surface area contributed by atoms with Gasteiger partial charge in [0.25, 0.3) is 0 Å². The summed E-state index contributed by atoms with van der Waals surface area (Å²) in [4.78, 5) is 44.5. The van der Waals surface area contributed by atoms with Gasteiger partial charge in [-0.25, -0.2) is 0 Å². The monoisotopic (exact) mass is 586 g/mol. The summed E-state index contributed by atoms with van der Waals surface area (Å²) in [6, 6.07) is 5.90. The third-order valence-corrected chi connectivity index (χ3v) is 9.69. The van der Waals surface area contributed by atoms with Crippen LogP contribution in [0.1, 0.15) is 106 Å². The third kappa shape index (κ3) is 6.41. The van der Waals surface area contributed by atoms with Gasteiger partial charge in [0.15, 0.2) is 17.3 Å². The van der Waals surface area contributed by atoms with Crippen molar-refractivity contribution in [1.82, 2.24) is 0 Å². The number of ketones is 3. The summed E-state index contributed by atoms with van der Waals surface area (Å²) < 4.78 is 0. The SMILES string of the molecule is CC(C)=CCCC(C)=CCC12CC(CC=C(C)C)C(C)(C)C(CC=C(C)C)(C(=O)C(=C(O)c3cccc(O)c3)C1=O)C2=O. The molecule has 2 saturated carbocycles. The van der Waals surface area contributed by atoms with Gasteiger partial charge in [0, 0.05) is 5.56 Å².